The summed E-state index contributed by atoms with van der Waals surface area (Å²) < 4.78 is 27.4. The van der Waals surface area contributed by atoms with Crippen molar-refractivity contribution in [1.29, 1.82) is 0 Å². The Kier molecular flexibility index (Phi) is 6.73. The Morgan fingerprint density at radius 1 is 1.22 bits per heavy atom. The molecule has 0 spiro atoms. The summed E-state index contributed by atoms with van der Waals surface area (Å²) in [5.41, 5.74) is 0.481. The lowest BCUT2D eigenvalue weighted by molar-refractivity contribution is 0.0696. The van der Waals surface area contributed by atoms with Crippen molar-refractivity contribution >= 4 is 16.0 Å². The van der Waals surface area contributed by atoms with Gasteiger partial charge in [-0.2, -0.15) is 0 Å². The van der Waals surface area contributed by atoms with E-state index in [1.54, 1.807) is 6.92 Å². The number of carboxylic acid groups (broad SMARTS) is 1. The van der Waals surface area contributed by atoms with Gasteiger partial charge in [0, 0.05) is 25.2 Å². The molecule has 0 radical (unpaired) electrons. The molecule has 0 heterocycles. The molecule has 2 N–H and O–H groups in total. The average Bonchev–Trinajstić information content (AvgIpc) is 2.42. The topological polar surface area (TPSA) is 86.7 Å². The summed E-state index contributed by atoms with van der Waals surface area (Å²) >= 11 is 0. The van der Waals surface area contributed by atoms with Gasteiger partial charge in [0.2, 0.25) is 10.0 Å². The van der Waals surface area contributed by atoms with E-state index in [-0.39, 0.29) is 17.0 Å². The Hall–Kier alpha value is -1.44. The summed E-state index contributed by atoms with van der Waals surface area (Å²) in [7, 11) is -3.73. The van der Waals surface area contributed by atoms with E-state index in [9.17, 15) is 13.2 Å². The molecule has 7 heteroatoms. The van der Waals surface area contributed by atoms with Gasteiger partial charge in [-0.05, 0) is 52.3 Å². The zero-order valence-corrected chi connectivity index (χ0v) is 15.1. The number of nitrogens with zero attached hydrogens (tertiary/aromatic N) is 1. The number of carbonyl (C=O) groups is 1. The zero-order valence-electron chi connectivity index (χ0n) is 14.3. The van der Waals surface area contributed by atoms with Crippen LogP contribution in [0.4, 0.5) is 0 Å². The van der Waals surface area contributed by atoms with E-state index in [0.29, 0.717) is 24.2 Å². The van der Waals surface area contributed by atoms with Crippen molar-refractivity contribution in [2.75, 3.05) is 13.1 Å². The van der Waals surface area contributed by atoms with Crippen LogP contribution in [0.2, 0.25) is 0 Å². The lowest BCUT2D eigenvalue weighted by Gasteiger charge is -2.30. The minimum atomic E-state index is -3.73. The normalized spacial score (nSPS) is 12.3. The van der Waals surface area contributed by atoms with Crippen LogP contribution in [0, 0.1) is 6.92 Å². The maximum absolute atomic E-state index is 12.4. The number of aromatic carboxylic acids is 1. The molecule has 0 aromatic heterocycles. The zero-order chi connectivity index (χ0) is 17.8. The molecule has 0 unspecified atom stereocenters. The fourth-order valence-electron chi connectivity index (χ4n) is 2.52. The van der Waals surface area contributed by atoms with Gasteiger partial charge < -0.3 is 5.11 Å². The molecule has 1 aromatic carbocycles. The molecule has 1 rings (SSSR count). The minimum absolute atomic E-state index is 0.0121. The quantitative estimate of drug-likeness (QED) is 0.755. The van der Waals surface area contributed by atoms with Gasteiger partial charge in [-0.3, -0.25) is 4.90 Å². The number of sulfonamides is 1. The Bertz CT molecular complexity index is 646. The van der Waals surface area contributed by atoms with Crippen LogP contribution >= 0.6 is 0 Å². The maximum Gasteiger partial charge on any atom is 0.335 e. The van der Waals surface area contributed by atoms with Gasteiger partial charge in [-0.15, -0.1) is 0 Å². The summed E-state index contributed by atoms with van der Waals surface area (Å²) in [4.78, 5) is 13.2. The predicted molar refractivity (Wildman–Crippen MR) is 90.3 cm³/mol. The standard InChI is InChI=1S/C16H26N2O4S/c1-11(2)18(12(3)4)9-8-17-23(21,22)15-10-14(16(19)20)7-6-13(15)5/h6-7,10-12,17H,8-9H2,1-5H3,(H,19,20). The predicted octanol–water partition coefficient (Wildman–Crippen LogP) is 2.09. The first kappa shape index (κ1) is 19.6. The average molecular weight is 342 g/mol. The molecular formula is C16H26N2O4S. The Balaban J connectivity index is 2.88. The number of nitrogens with one attached hydrogen (secondary N) is 1. The summed E-state index contributed by atoms with van der Waals surface area (Å²) in [6.45, 7) is 10.8. The molecule has 0 saturated heterocycles. The van der Waals surface area contributed by atoms with Crippen LogP contribution in [-0.4, -0.2) is 49.6 Å². The number of carboxylic acids is 1. The third-order valence-electron chi connectivity index (χ3n) is 3.71. The summed E-state index contributed by atoms with van der Waals surface area (Å²) in [5.74, 6) is -1.15. The molecule has 0 fully saturated rings. The smallest absolute Gasteiger partial charge is 0.335 e. The molecule has 0 bridgehead atoms. The van der Waals surface area contributed by atoms with E-state index in [1.165, 1.54) is 18.2 Å². The van der Waals surface area contributed by atoms with Crippen molar-refractivity contribution in [3.63, 3.8) is 0 Å². The monoisotopic (exact) mass is 342 g/mol. The summed E-state index contributed by atoms with van der Waals surface area (Å²) in [6.07, 6.45) is 0. The number of rotatable bonds is 8. The largest absolute Gasteiger partial charge is 0.478 e. The van der Waals surface area contributed by atoms with Crippen LogP contribution in [0.15, 0.2) is 23.1 Å². The third kappa shape index (κ3) is 5.30. The first-order valence-corrected chi connectivity index (χ1v) is 9.14. The van der Waals surface area contributed by atoms with Crippen molar-refractivity contribution in [3.05, 3.63) is 29.3 Å². The molecule has 0 aliphatic carbocycles. The van der Waals surface area contributed by atoms with E-state index in [0.717, 1.165) is 0 Å². The second kappa shape index (κ2) is 7.90. The molecule has 0 amide bonds. The molecule has 0 atom stereocenters. The first-order chi connectivity index (χ1) is 10.6. The van der Waals surface area contributed by atoms with E-state index >= 15 is 0 Å². The molecular weight excluding hydrogens is 316 g/mol. The minimum Gasteiger partial charge on any atom is -0.478 e. The van der Waals surface area contributed by atoms with Crippen LogP contribution in [-0.2, 0) is 10.0 Å². The maximum atomic E-state index is 12.4. The van der Waals surface area contributed by atoms with Crippen LogP contribution < -0.4 is 4.72 Å². The lowest BCUT2D eigenvalue weighted by Crippen LogP contribution is -2.42. The van der Waals surface area contributed by atoms with Crippen molar-refractivity contribution in [3.8, 4) is 0 Å². The van der Waals surface area contributed by atoms with E-state index in [1.807, 2.05) is 0 Å². The molecule has 0 aliphatic heterocycles. The fourth-order valence-corrected chi connectivity index (χ4v) is 3.81. The second-order valence-corrected chi connectivity index (χ2v) is 7.84. The Labute approximate surface area is 138 Å². The number of benzene rings is 1. The van der Waals surface area contributed by atoms with Crippen LogP contribution in [0.1, 0.15) is 43.6 Å². The van der Waals surface area contributed by atoms with E-state index in [4.69, 9.17) is 5.11 Å². The lowest BCUT2D eigenvalue weighted by atomic mass is 10.1. The molecule has 1 aromatic rings. The third-order valence-corrected chi connectivity index (χ3v) is 5.32. The van der Waals surface area contributed by atoms with Gasteiger partial charge in [0.15, 0.2) is 0 Å². The highest BCUT2D eigenvalue weighted by atomic mass is 32.2. The fraction of sp³-hybridized carbons (Fsp3) is 0.562. The molecule has 6 nitrogen and oxygen atoms in total. The molecule has 23 heavy (non-hydrogen) atoms. The van der Waals surface area contributed by atoms with Crippen molar-refractivity contribution in [2.24, 2.45) is 0 Å². The van der Waals surface area contributed by atoms with Crippen molar-refractivity contribution < 1.29 is 18.3 Å². The SMILES string of the molecule is Cc1ccc(C(=O)O)cc1S(=O)(=O)NCCN(C(C)C)C(C)C. The number of aryl methyl sites for hydroxylation is 1. The number of hydrogen-bond acceptors (Lipinski definition) is 4. The number of hydrogen-bond donors (Lipinski definition) is 2. The molecule has 0 aliphatic rings. The Morgan fingerprint density at radius 2 is 1.78 bits per heavy atom. The van der Waals surface area contributed by atoms with Gasteiger partial charge in [-0.1, -0.05) is 6.07 Å². The van der Waals surface area contributed by atoms with Crippen molar-refractivity contribution in [2.45, 2.75) is 51.6 Å². The van der Waals surface area contributed by atoms with Crippen LogP contribution in [0.5, 0.6) is 0 Å². The highest BCUT2D eigenvalue weighted by molar-refractivity contribution is 7.89. The van der Waals surface area contributed by atoms with Crippen LogP contribution in [0.3, 0.4) is 0 Å². The van der Waals surface area contributed by atoms with Gasteiger partial charge in [0.1, 0.15) is 0 Å². The highest BCUT2D eigenvalue weighted by Gasteiger charge is 2.20. The first-order valence-electron chi connectivity index (χ1n) is 7.65. The van der Waals surface area contributed by atoms with Crippen molar-refractivity contribution in [1.82, 2.24) is 9.62 Å². The van der Waals surface area contributed by atoms with E-state index < -0.39 is 16.0 Å². The molecule has 130 valence electrons. The Morgan fingerprint density at radius 3 is 2.26 bits per heavy atom. The highest BCUT2D eigenvalue weighted by Crippen LogP contribution is 2.17. The summed E-state index contributed by atoms with van der Waals surface area (Å²) in [6, 6.07) is 4.73. The summed E-state index contributed by atoms with van der Waals surface area (Å²) in [5, 5.41) is 9.01. The molecule has 0 saturated carbocycles. The van der Waals surface area contributed by atoms with Gasteiger partial charge in [-0.25, -0.2) is 17.9 Å². The van der Waals surface area contributed by atoms with E-state index in [2.05, 4.69) is 37.3 Å². The van der Waals surface area contributed by atoms with Gasteiger partial charge >= 0.3 is 5.97 Å². The van der Waals surface area contributed by atoms with Crippen LogP contribution in [0.25, 0.3) is 0 Å². The van der Waals surface area contributed by atoms with Gasteiger partial charge in [0.25, 0.3) is 0 Å². The van der Waals surface area contributed by atoms with Gasteiger partial charge in [0.05, 0.1) is 10.5 Å². The second-order valence-electron chi connectivity index (χ2n) is 6.11.